The number of anilines is 2. The van der Waals surface area contributed by atoms with Gasteiger partial charge in [0.25, 0.3) is 17.4 Å². The first-order valence-corrected chi connectivity index (χ1v) is 12.6. The van der Waals surface area contributed by atoms with Crippen molar-refractivity contribution in [2.75, 3.05) is 17.2 Å². The fourth-order valence-electron chi connectivity index (χ4n) is 3.55. The second kappa shape index (κ2) is 10.9. The fourth-order valence-corrected chi connectivity index (χ4v) is 4.84. The molecule has 2 heterocycles. The number of hydrogen-bond acceptors (Lipinski definition) is 7. The van der Waals surface area contributed by atoms with Gasteiger partial charge in [0.05, 0.1) is 12.2 Å². The zero-order valence-electron chi connectivity index (χ0n) is 20.3. The first-order chi connectivity index (χ1) is 17.7. The Labute approximate surface area is 221 Å². The number of halogens is 1. The van der Waals surface area contributed by atoms with Gasteiger partial charge in [0.1, 0.15) is 10.6 Å². The van der Waals surface area contributed by atoms with Crippen molar-refractivity contribution < 1.29 is 19.1 Å². The number of esters is 1. The molecule has 4 aromatic rings. The van der Waals surface area contributed by atoms with Gasteiger partial charge in [-0.1, -0.05) is 29.9 Å². The smallest absolute Gasteiger partial charge is 0.338 e. The number of hydrogen-bond donors (Lipinski definition) is 2. The van der Waals surface area contributed by atoms with Gasteiger partial charge in [0.2, 0.25) is 0 Å². The van der Waals surface area contributed by atoms with Gasteiger partial charge in [-0.2, -0.15) is 0 Å². The van der Waals surface area contributed by atoms with Gasteiger partial charge in [0.15, 0.2) is 4.96 Å². The average molecular weight is 539 g/mol. The van der Waals surface area contributed by atoms with Gasteiger partial charge >= 0.3 is 5.97 Å². The Hall–Kier alpha value is -4.02. The van der Waals surface area contributed by atoms with Crippen LogP contribution < -0.4 is 16.2 Å². The van der Waals surface area contributed by atoms with Crippen LogP contribution in [0.1, 0.15) is 55.1 Å². The highest BCUT2D eigenvalue weighted by Crippen LogP contribution is 2.26. The number of amides is 2. The molecule has 2 aromatic heterocycles. The summed E-state index contributed by atoms with van der Waals surface area (Å²) in [7, 11) is 0. The molecule has 2 N–H and O–H groups in total. The number of fused-ring (bicyclic) bond motifs is 1. The predicted molar refractivity (Wildman–Crippen MR) is 143 cm³/mol. The van der Waals surface area contributed by atoms with E-state index in [1.807, 2.05) is 6.92 Å². The maximum Gasteiger partial charge on any atom is 0.338 e. The number of nitrogens with one attached hydrogen (secondary N) is 2. The largest absolute Gasteiger partial charge is 0.462 e. The maximum absolute atomic E-state index is 13.4. The third-order valence-corrected chi connectivity index (χ3v) is 6.60. The molecule has 0 bridgehead atoms. The Morgan fingerprint density at radius 3 is 2.43 bits per heavy atom. The average Bonchev–Trinajstić information content (AvgIpc) is 3.24. The van der Waals surface area contributed by atoms with Crippen LogP contribution in [0, 0.1) is 13.8 Å². The van der Waals surface area contributed by atoms with Gasteiger partial charge in [-0.25, -0.2) is 14.2 Å². The molecule has 11 heteroatoms. The Morgan fingerprint density at radius 1 is 1.03 bits per heavy atom. The van der Waals surface area contributed by atoms with Crippen LogP contribution in [0.15, 0.2) is 53.3 Å². The summed E-state index contributed by atoms with van der Waals surface area (Å²) < 4.78 is 6.23. The second-order valence-electron chi connectivity index (χ2n) is 8.21. The quantitative estimate of drug-likeness (QED) is 0.316. The van der Waals surface area contributed by atoms with Gasteiger partial charge in [-0.15, -0.1) is 0 Å². The molecule has 2 amide bonds. The molecule has 190 valence electrons. The van der Waals surface area contributed by atoms with Gasteiger partial charge in [-0.3, -0.25) is 14.4 Å². The van der Waals surface area contributed by atoms with Crippen LogP contribution in [0.5, 0.6) is 0 Å². The van der Waals surface area contributed by atoms with Gasteiger partial charge < -0.3 is 15.4 Å². The lowest BCUT2D eigenvalue weighted by Crippen LogP contribution is -2.25. The van der Waals surface area contributed by atoms with E-state index in [4.69, 9.17) is 16.3 Å². The van der Waals surface area contributed by atoms with Crippen LogP contribution in [0.2, 0.25) is 5.02 Å². The van der Waals surface area contributed by atoms with E-state index in [-0.39, 0.29) is 15.5 Å². The van der Waals surface area contributed by atoms with E-state index in [1.54, 1.807) is 32.0 Å². The van der Waals surface area contributed by atoms with Gasteiger partial charge in [0, 0.05) is 28.2 Å². The molecule has 2 aromatic carbocycles. The lowest BCUT2D eigenvalue weighted by Gasteiger charge is -2.10. The Bertz CT molecular complexity index is 1580. The van der Waals surface area contributed by atoms with Crippen LogP contribution in [-0.4, -0.2) is 33.8 Å². The van der Waals surface area contributed by atoms with Crippen LogP contribution in [0.25, 0.3) is 4.96 Å². The Morgan fingerprint density at radius 2 is 1.76 bits per heavy atom. The predicted octanol–water partition coefficient (Wildman–Crippen LogP) is 5.10. The lowest BCUT2D eigenvalue weighted by molar-refractivity contribution is 0.0505. The van der Waals surface area contributed by atoms with E-state index in [1.165, 1.54) is 30.3 Å². The van der Waals surface area contributed by atoms with Crippen LogP contribution >= 0.6 is 22.9 Å². The summed E-state index contributed by atoms with van der Waals surface area (Å²) in [6.45, 7) is 5.65. The minimum atomic E-state index is -0.682. The molecule has 4 rings (SSSR count). The zero-order chi connectivity index (χ0) is 26.7. The topological polar surface area (TPSA) is 119 Å². The fraction of sp³-hybridized carbons (Fsp3) is 0.192. The van der Waals surface area contributed by atoms with Crippen molar-refractivity contribution in [3.63, 3.8) is 0 Å². The van der Waals surface area contributed by atoms with Crippen molar-refractivity contribution >= 4 is 57.1 Å². The van der Waals surface area contributed by atoms with Crippen molar-refractivity contribution in [2.45, 2.75) is 27.2 Å². The normalized spacial score (nSPS) is 10.8. The number of benzene rings is 2. The highest BCUT2D eigenvalue weighted by atomic mass is 35.5. The monoisotopic (exact) mass is 538 g/mol. The van der Waals surface area contributed by atoms with E-state index >= 15 is 0 Å². The molecule has 0 aliphatic rings. The summed E-state index contributed by atoms with van der Waals surface area (Å²) in [6.07, 6.45) is 0.704. The zero-order valence-corrected chi connectivity index (χ0v) is 21.8. The Kier molecular flexibility index (Phi) is 7.70. The number of thiazole rings is 1. The van der Waals surface area contributed by atoms with Crippen LogP contribution in [-0.2, 0) is 4.74 Å². The van der Waals surface area contributed by atoms with Crippen molar-refractivity contribution in [2.24, 2.45) is 0 Å². The SMILES string of the molecule is CCCOC(=O)c1ccc(NC(=O)c2c(C(=O)Nc3ccc(Cl)cc3C)sc3nc(C)cc(=O)n23)cc1. The number of carbonyl (C=O) groups excluding carboxylic acids is 3. The van der Waals surface area contributed by atoms with E-state index in [9.17, 15) is 19.2 Å². The van der Waals surface area contributed by atoms with Crippen molar-refractivity contribution in [3.05, 3.63) is 91.3 Å². The van der Waals surface area contributed by atoms with E-state index in [0.29, 0.717) is 40.7 Å². The van der Waals surface area contributed by atoms with Crippen molar-refractivity contribution in [1.29, 1.82) is 0 Å². The van der Waals surface area contributed by atoms with E-state index in [0.717, 1.165) is 21.3 Å². The molecule has 0 saturated heterocycles. The minimum Gasteiger partial charge on any atom is -0.462 e. The number of carbonyl (C=O) groups is 3. The molecule has 0 aliphatic heterocycles. The van der Waals surface area contributed by atoms with Crippen LogP contribution in [0.4, 0.5) is 11.4 Å². The molecule has 37 heavy (non-hydrogen) atoms. The molecular formula is C26H23ClN4O5S. The highest BCUT2D eigenvalue weighted by molar-refractivity contribution is 7.19. The van der Waals surface area contributed by atoms with Crippen molar-refractivity contribution in [1.82, 2.24) is 9.38 Å². The standard InChI is InChI=1S/C26H23ClN4O5S/c1-4-11-36-25(35)16-5-8-18(9-6-16)29-23(33)21-22(37-26-28-15(3)13-20(32)31(21)26)24(34)30-19-10-7-17(27)12-14(19)2/h5-10,12-13H,4,11H2,1-3H3,(H,29,33)(H,30,34). The molecule has 9 nitrogen and oxygen atoms in total. The summed E-state index contributed by atoms with van der Waals surface area (Å²) in [6, 6.07) is 12.4. The number of aromatic nitrogens is 2. The molecule has 0 radical (unpaired) electrons. The molecule has 0 aliphatic carbocycles. The van der Waals surface area contributed by atoms with E-state index in [2.05, 4.69) is 15.6 Å². The number of nitrogens with zero attached hydrogens (tertiary/aromatic N) is 2. The third-order valence-electron chi connectivity index (χ3n) is 5.32. The molecule has 0 atom stereocenters. The van der Waals surface area contributed by atoms with Crippen molar-refractivity contribution in [3.8, 4) is 0 Å². The van der Waals surface area contributed by atoms with E-state index < -0.39 is 23.3 Å². The maximum atomic E-state index is 13.4. The summed E-state index contributed by atoms with van der Waals surface area (Å²) in [5.74, 6) is -1.72. The Balaban J connectivity index is 1.68. The first kappa shape index (κ1) is 26.1. The molecule has 0 fully saturated rings. The summed E-state index contributed by atoms with van der Waals surface area (Å²) in [5.41, 5.74) is 1.78. The third kappa shape index (κ3) is 5.71. The first-order valence-electron chi connectivity index (χ1n) is 11.4. The molecule has 0 saturated carbocycles. The summed E-state index contributed by atoms with van der Waals surface area (Å²) in [4.78, 5) is 56.1. The number of ether oxygens (including phenoxy) is 1. The number of aryl methyl sites for hydroxylation is 2. The summed E-state index contributed by atoms with van der Waals surface area (Å²) in [5, 5.41) is 6.00. The van der Waals surface area contributed by atoms with Gasteiger partial charge in [-0.05, 0) is 68.3 Å². The highest BCUT2D eigenvalue weighted by Gasteiger charge is 2.26. The minimum absolute atomic E-state index is 0.0156. The lowest BCUT2D eigenvalue weighted by atomic mass is 10.2. The molecule has 0 unspecified atom stereocenters. The second-order valence-corrected chi connectivity index (χ2v) is 9.63. The number of rotatable bonds is 7. The molecule has 0 spiro atoms. The molecular weight excluding hydrogens is 516 g/mol. The van der Waals surface area contributed by atoms with Crippen LogP contribution in [0.3, 0.4) is 0 Å². The summed E-state index contributed by atoms with van der Waals surface area (Å²) >= 11 is 6.95.